The fourth-order valence-electron chi connectivity index (χ4n) is 1.97. The first-order valence-corrected chi connectivity index (χ1v) is 5.66. The highest BCUT2D eigenvalue weighted by Gasteiger charge is 2.23. The molecule has 0 heterocycles. The van der Waals surface area contributed by atoms with Crippen molar-refractivity contribution in [1.29, 1.82) is 0 Å². The summed E-state index contributed by atoms with van der Waals surface area (Å²) in [5, 5.41) is 18.4. The predicted molar refractivity (Wildman–Crippen MR) is 81.4 cm³/mol. The van der Waals surface area contributed by atoms with Gasteiger partial charge in [0.15, 0.2) is 0 Å². The number of hydrogen-bond donors (Lipinski definition) is 4. The van der Waals surface area contributed by atoms with Gasteiger partial charge in [-0.25, -0.2) is 9.59 Å². The van der Waals surface area contributed by atoms with Crippen molar-refractivity contribution < 1.29 is 19.8 Å². The summed E-state index contributed by atoms with van der Waals surface area (Å²) in [6, 6.07) is 9.33. The molecule has 0 aromatic heterocycles. The van der Waals surface area contributed by atoms with Crippen molar-refractivity contribution in [2.24, 2.45) is 0 Å². The lowest BCUT2D eigenvalue weighted by Crippen LogP contribution is -2.12. The molecule has 110 valence electrons. The molecule has 2 rings (SSSR count). The summed E-state index contributed by atoms with van der Waals surface area (Å²) in [7, 11) is 0. The van der Waals surface area contributed by atoms with E-state index in [-0.39, 0.29) is 24.2 Å². The van der Waals surface area contributed by atoms with Gasteiger partial charge in [0, 0.05) is 11.4 Å². The standard InChI is InChI=1S/C14H12N2O4.CH4/c15-8-3-1-7(2-4-8)9-5-6-10(16)12(14(19)20)11(9)13(17)18;/h1-6H,15-16H2,(H,17,18)(H,19,20);1H4. The first-order valence-electron chi connectivity index (χ1n) is 5.66. The summed E-state index contributed by atoms with van der Waals surface area (Å²) in [5.74, 6) is -2.72. The Labute approximate surface area is 121 Å². The first-order chi connectivity index (χ1) is 9.41. The van der Waals surface area contributed by atoms with Crippen LogP contribution in [0.15, 0.2) is 36.4 Å². The number of benzene rings is 2. The van der Waals surface area contributed by atoms with Crippen molar-refractivity contribution in [3.8, 4) is 11.1 Å². The van der Waals surface area contributed by atoms with Gasteiger partial charge in [-0.1, -0.05) is 25.6 Å². The first kappa shape index (κ1) is 16.0. The zero-order valence-electron chi connectivity index (χ0n) is 10.3. The molecule has 6 N–H and O–H groups in total. The molecule has 0 fully saturated rings. The summed E-state index contributed by atoms with van der Waals surface area (Å²) in [6.45, 7) is 0. The second-order valence-corrected chi connectivity index (χ2v) is 4.18. The van der Waals surface area contributed by atoms with Crippen LogP contribution in [0.1, 0.15) is 28.1 Å². The molecular weight excluding hydrogens is 272 g/mol. The smallest absolute Gasteiger partial charge is 0.338 e. The maximum absolute atomic E-state index is 11.4. The minimum absolute atomic E-state index is 0. The monoisotopic (exact) mass is 288 g/mol. The van der Waals surface area contributed by atoms with Crippen LogP contribution in [0, 0.1) is 0 Å². The maximum atomic E-state index is 11.4. The SMILES string of the molecule is C.Nc1ccc(-c2ccc(N)c(C(=O)O)c2C(=O)O)cc1. The Morgan fingerprint density at radius 2 is 1.33 bits per heavy atom. The Balaban J connectivity index is 0.00000220. The Morgan fingerprint density at radius 3 is 1.81 bits per heavy atom. The summed E-state index contributed by atoms with van der Waals surface area (Å²) in [6.07, 6.45) is 0. The van der Waals surface area contributed by atoms with Gasteiger partial charge in [0.1, 0.15) is 0 Å². The zero-order valence-corrected chi connectivity index (χ0v) is 10.3. The Hall–Kier alpha value is -3.02. The minimum Gasteiger partial charge on any atom is -0.478 e. The molecule has 0 atom stereocenters. The molecule has 0 aliphatic carbocycles. The highest BCUT2D eigenvalue weighted by Crippen LogP contribution is 2.30. The third-order valence-electron chi connectivity index (χ3n) is 2.89. The molecule has 21 heavy (non-hydrogen) atoms. The lowest BCUT2D eigenvalue weighted by atomic mass is 9.94. The topological polar surface area (TPSA) is 127 Å². The molecule has 2 aromatic carbocycles. The normalized spacial score (nSPS) is 9.71. The van der Waals surface area contributed by atoms with Crippen LogP contribution in [-0.4, -0.2) is 22.2 Å². The number of rotatable bonds is 3. The van der Waals surface area contributed by atoms with E-state index < -0.39 is 17.5 Å². The van der Waals surface area contributed by atoms with Crippen molar-refractivity contribution in [3.63, 3.8) is 0 Å². The van der Waals surface area contributed by atoms with Crippen molar-refractivity contribution in [2.45, 2.75) is 7.43 Å². The molecule has 6 nitrogen and oxygen atoms in total. The van der Waals surface area contributed by atoms with Gasteiger partial charge in [-0.3, -0.25) is 0 Å². The number of nitrogen functional groups attached to an aromatic ring is 2. The lowest BCUT2D eigenvalue weighted by Gasteiger charge is -2.11. The maximum Gasteiger partial charge on any atom is 0.338 e. The van der Waals surface area contributed by atoms with Gasteiger partial charge in [0.05, 0.1) is 11.1 Å². The van der Waals surface area contributed by atoms with E-state index in [9.17, 15) is 14.7 Å². The molecule has 0 aliphatic rings. The Bertz CT molecular complexity index is 694. The molecule has 0 radical (unpaired) electrons. The number of carboxylic acid groups (broad SMARTS) is 2. The molecular formula is C15H16N2O4. The largest absolute Gasteiger partial charge is 0.478 e. The number of hydrogen-bond acceptors (Lipinski definition) is 4. The van der Waals surface area contributed by atoms with Gasteiger partial charge in [0.2, 0.25) is 0 Å². The Morgan fingerprint density at radius 1 is 0.810 bits per heavy atom. The molecule has 0 spiro atoms. The van der Waals surface area contributed by atoms with Crippen molar-refractivity contribution in [1.82, 2.24) is 0 Å². The molecule has 0 saturated heterocycles. The predicted octanol–water partition coefficient (Wildman–Crippen LogP) is 2.55. The lowest BCUT2D eigenvalue weighted by molar-refractivity contribution is 0.0653. The second kappa shape index (κ2) is 5.96. The summed E-state index contributed by atoms with van der Waals surface area (Å²) in [5.41, 5.74) is 11.7. The fraction of sp³-hybridized carbons (Fsp3) is 0.0667. The van der Waals surface area contributed by atoms with Crippen LogP contribution in [-0.2, 0) is 0 Å². The quantitative estimate of drug-likeness (QED) is 0.643. The molecule has 2 aromatic rings. The van der Waals surface area contributed by atoms with Gasteiger partial charge in [-0.05, 0) is 29.3 Å². The molecule has 0 amide bonds. The van der Waals surface area contributed by atoms with E-state index >= 15 is 0 Å². The van der Waals surface area contributed by atoms with E-state index in [1.807, 2.05) is 0 Å². The van der Waals surface area contributed by atoms with E-state index in [0.717, 1.165) is 0 Å². The van der Waals surface area contributed by atoms with Gasteiger partial charge in [-0.2, -0.15) is 0 Å². The minimum atomic E-state index is -1.38. The summed E-state index contributed by atoms with van der Waals surface area (Å²) < 4.78 is 0. The molecule has 0 aliphatic heterocycles. The van der Waals surface area contributed by atoms with Crippen molar-refractivity contribution >= 4 is 23.3 Å². The molecule has 0 bridgehead atoms. The van der Waals surface area contributed by atoms with Crippen LogP contribution in [0.5, 0.6) is 0 Å². The molecule has 0 unspecified atom stereocenters. The number of aromatic carboxylic acids is 2. The number of nitrogens with two attached hydrogens (primary N) is 2. The van der Waals surface area contributed by atoms with Crippen LogP contribution in [0.3, 0.4) is 0 Å². The van der Waals surface area contributed by atoms with E-state index in [0.29, 0.717) is 11.3 Å². The third-order valence-corrected chi connectivity index (χ3v) is 2.89. The Kier molecular flexibility index (Phi) is 4.55. The van der Waals surface area contributed by atoms with E-state index in [2.05, 4.69) is 0 Å². The van der Waals surface area contributed by atoms with Crippen LogP contribution >= 0.6 is 0 Å². The van der Waals surface area contributed by atoms with Crippen LogP contribution in [0.25, 0.3) is 11.1 Å². The van der Waals surface area contributed by atoms with E-state index in [1.54, 1.807) is 24.3 Å². The highest BCUT2D eigenvalue weighted by atomic mass is 16.4. The summed E-state index contributed by atoms with van der Waals surface area (Å²) in [4.78, 5) is 22.6. The van der Waals surface area contributed by atoms with Crippen LogP contribution in [0.4, 0.5) is 11.4 Å². The fourth-order valence-corrected chi connectivity index (χ4v) is 1.97. The summed E-state index contributed by atoms with van der Waals surface area (Å²) >= 11 is 0. The molecule has 6 heteroatoms. The van der Waals surface area contributed by atoms with Gasteiger partial charge in [-0.15, -0.1) is 0 Å². The highest BCUT2D eigenvalue weighted by molar-refractivity contribution is 6.09. The van der Waals surface area contributed by atoms with Crippen LogP contribution < -0.4 is 11.5 Å². The van der Waals surface area contributed by atoms with Gasteiger partial charge < -0.3 is 21.7 Å². The number of carboxylic acids is 2. The van der Waals surface area contributed by atoms with Crippen molar-refractivity contribution in [2.75, 3.05) is 11.5 Å². The second-order valence-electron chi connectivity index (χ2n) is 4.18. The van der Waals surface area contributed by atoms with E-state index in [4.69, 9.17) is 16.6 Å². The zero-order chi connectivity index (χ0) is 14.9. The van der Waals surface area contributed by atoms with E-state index in [1.165, 1.54) is 12.1 Å². The van der Waals surface area contributed by atoms with Gasteiger partial charge in [0.25, 0.3) is 0 Å². The average Bonchev–Trinajstić information content (AvgIpc) is 2.39. The third kappa shape index (κ3) is 2.94. The number of carbonyl (C=O) groups is 2. The van der Waals surface area contributed by atoms with Crippen LogP contribution in [0.2, 0.25) is 0 Å². The van der Waals surface area contributed by atoms with Crippen molar-refractivity contribution in [3.05, 3.63) is 47.5 Å². The average molecular weight is 288 g/mol. The van der Waals surface area contributed by atoms with Gasteiger partial charge >= 0.3 is 11.9 Å². The number of anilines is 2. The molecule has 0 saturated carbocycles.